The molecule has 0 aromatic carbocycles. The average Bonchev–Trinajstić information content (AvgIpc) is 2.70. The highest BCUT2D eigenvalue weighted by Gasteiger charge is 2.07. The molecule has 0 aliphatic carbocycles. The molecule has 0 aliphatic heterocycles. The number of nitrogens with two attached hydrogens (primary N) is 1. The van der Waals surface area contributed by atoms with Crippen LogP contribution in [0.2, 0.25) is 0 Å². The van der Waals surface area contributed by atoms with Crippen molar-refractivity contribution in [1.82, 2.24) is 20.7 Å². The van der Waals surface area contributed by atoms with Gasteiger partial charge in [0.15, 0.2) is 5.69 Å². The molecular formula is C6H10N6O2. The standard InChI is InChI=1S/C6H10N6O2/c7-5(11-14)1-2-8-6(13)4-3-9-12-10-4/h3,14H,1-2H2,(H2,7,11)(H,8,13)(H,9,10,12). The normalized spacial score (nSPS) is 11.3. The number of aromatic amines is 1. The SMILES string of the molecule is NC(CCNC(=O)c1cn[nH]n1)=NO. The summed E-state index contributed by atoms with van der Waals surface area (Å²) in [6, 6.07) is 0. The van der Waals surface area contributed by atoms with Crippen molar-refractivity contribution in [2.24, 2.45) is 10.9 Å². The monoisotopic (exact) mass is 198 g/mol. The predicted molar refractivity (Wildman–Crippen MR) is 46.7 cm³/mol. The Morgan fingerprint density at radius 2 is 2.57 bits per heavy atom. The highest BCUT2D eigenvalue weighted by Crippen LogP contribution is 1.87. The molecule has 1 amide bonds. The summed E-state index contributed by atoms with van der Waals surface area (Å²) in [6.45, 7) is 0.279. The van der Waals surface area contributed by atoms with Gasteiger partial charge in [0.05, 0.1) is 6.20 Å². The van der Waals surface area contributed by atoms with Crippen molar-refractivity contribution >= 4 is 11.7 Å². The van der Waals surface area contributed by atoms with Gasteiger partial charge in [-0.15, -0.1) is 0 Å². The summed E-state index contributed by atoms with van der Waals surface area (Å²) in [5, 5.41) is 22.8. The lowest BCUT2D eigenvalue weighted by Gasteiger charge is -2.00. The first-order valence-electron chi connectivity index (χ1n) is 3.84. The number of amides is 1. The molecule has 5 N–H and O–H groups in total. The van der Waals surface area contributed by atoms with Gasteiger partial charge in [-0.05, 0) is 0 Å². The first-order valence-corrected chi connectivity index (χ1v) is 3.84. The van der Waals surface area contributed by atoms with Crippen molar-refractivity contribution in [3.63, 3.8) is 0 Å². The van der Waals surface area contributed by atoms with Crippen LogP contribution in [0.3, 0.4) is 0 Å². The number of rotatable bonds is 4. The maximum Gasteiger partial charge on any atom is 0.273 e. The van der Waals surface area contributed by atoms with Gasteiger partial charge in [0, 0.05) is 13.0 Å². The molecule has 0 atom stereocenters. The fourth-order valence-corrected chi connectivity index (χ4v) is 0.756. The molecule has 8 heteroatoms. The van der Waals surface area contributed by atoms with Crippen LogP contribution in [-0.4, -0.2) is 38.9 Å². The van der Waals surface area contributed by atoms with E-state index in [0.717, 1.165) is 0 Å². The predicted octanol–water partition coefficient (Wildman–Crippen LogP) is -1.33. The number of carbonyl (C=O) groups excluding carboxylic acids is 1. The van der Waals surface area contributed by atoms with Crippen LogP contribution in [0.1, 0.15) is 16.9 Å². The Morgan fingerprint density at radius 1 is 1.79 bits per heavy atom. The molecule has 0 radical (unpaired) electrons. The Morgan fingerprint density at radius 3 is 3.14 bits per heavy atom. The Balaban J connectivity index is 2.29. The van der Waals surface area contributed by atoms with Crippen molar-refractivity contribution in [3.05, 3.63) is 11.9 Å². The van der Waals surface area contributed by atoms with Crippen LogP contribution in [0, 0.1) is 0 Å². The molecule has 8 nitrogen and oxygen atoms in total. The number of amidine groups is 1. The minimum Gasteiger partial charge on any atom is -0.409 e. The minimum absolute atomic E-state index is 0.0606. The molecule has 1 rings (SSSR count). The molecule has 0 unspecified atom stereocenters. The topological polar surface area (TPSA) is 129 Å². The van der Waals surface area contributed by atoms with Gasteiger partial charge in [0.1, 0.15) is 5.84 Å². The Hall–Kier alpha value is -2.12. The molecule has 14 heavy (non-hydrogen) atoms. The lowest BCUT2D eigenvalue weighted by Crippen LogP contribution is -2.28. The summed E-state index contributed by atoms with van der Waals surface area (Å²) in [6.07, 6.45) is 1.58. The summed E-state index contributed by atoms with van der Waals surface area (Å²) in [4.78, 5) is 11.2. The van der Waals surface area contributed by atoms with E-state index in [-0.39, 0.29) is 30.4 Å². The Kier molecular flexibility index (Phi) is 3.41. The third-order valence-electron chi connectivity index (χ3n) is 1.44. The number of aromatic nitrogens is 3. The third-order valence-corrected chi connectivity index (χ3v) is 1.44. The average molecular weight is 198 g/mol. The fourth-order valence-electron chi connectivity index (χ4n) is 0.756. The maximum atomic E-state index is 11.2. The van der Waals surface area contributed by atoms with Crippen LogP contribution in [0.25, 0.3) is 0 Å². The van der Waals surface area contributed by atoms with Crippen LogP contribution < -0.4 is 11.1 Å². The molecule has 1 heterocycles. The van der Waals surface area contributed by atoms with Gasteiger partial charge in [-0.25, -0.2) is 0 Å². The zero-order valence-corrected chi connectivity index (χ0v) is 7.27. The molecule has 1 aromatic heterocycles. The van der Waals surface area contributed by atoms with Gasteiger partial charge >= 0.3 is 0 Å². The first kappa shape index (κ1) is 9.96. The summed E-state index contributed by atoms with van der Waals surface area (Å²) in [7, 11) is 0. The molecule has 0 spiro atoms. The van der Waals surface area contributed by atoms with E-state index in [4.69, 9.17) is 10.9 Å². The van der Waals surface area contributed by atoms with Gasteiger partial charge in [-0.1, -0.05) is 5.16 Å². The third kappa shape index (κ3) is 2.73. The number of hydrogen-bond acceptors (Lipinski definition) is 5. The summed E-state index contributed by atoms with van der Waals surface area (Å²) in [5.74, 6) is -0.296. The van der Waals surface area contributed by atoms with Gasteiger partial charge in [-0.2, -0.15) is 15.4 Å². The first-order chi connectivity index (χ1) is 6.74. The highest BCUT2D eigenvalue weighted by atomic mass is 16.4. The van der Waals surface area contributed by atoms with Gasteiger partial charge in [0.25, 0.3) is 5.91 Å². The molecule has 76 valence electrons. The molecular weight excluding hydrogens is 188 g/mol. The van der Waals surface area contributed by atoms with E-state index in [1.165, 1.54) is 6.20 Å². The second-order valence-electron chi connectivity index (χ2n) is 2.45. The van der Waals surface area contributed by atoms with E-state index in [9.17, 15) is 4.79 Å². The van der Waals surface area contributed by atoms with Crippen molar-refractivity contribution in [3.8, 4) is 0 Å². The van der Waals surface area contributed by atoms with E-state index in [2.05, 4.69) is 25.9 Å². The number of H-pyrrole nitrogens is 1. The molecule has 0 saturated heterocycles. The maximum absolute atomic E-state index is 11.2. The summed E-state index contributed by atoms with van der Waals surface area (Å²) >= 11 is 0. The van der Waals surface area contributed by atoms with Crippen molar-refractivity contribution in [2.75, 3.05) is 6.54 Å². The second kappa shape index (κ2) is 4.80. The number of carbonyl (C=O) groups is 1. The van der Waals surface area contributed by atoms with Crippen LogP contribution in [0.5, 0.6) is 0 Å². The number of oxime groups is 1. The van der Waals surface area contributed by atoms with E-state index in [1.54, 1.807) is 0 Å². The highest BCUT2D eigenvalue weighted by molar-refractivity contribution is 5.92. The van der Waals surface area contributed by atoms with Crippen molar-refractivity contribution < 1.29 is 10.0 Å². The smallest absolute Gasteiger partial charge is 0.273 e. The molecule has 0 fully saturated rings. The molecule has 0 aliphatic rings. The van der Waals surface area contributed by atoms with Crippen molar-refractivity contribution in [2.45, 2.75) is 6.42 Å². The number of hydrogen-bond donors (Lipinski definition) is 4. The minimum atomic E-state index is -0.357. The quantitative estimate of drug-likeness (QED) is 0.206. The lowest BCUT2D eigenvalue weighted by atomic mass is 10.3. The van der Waals surface area contributed by atoms with E-state index in [1.807, 2.05) is 0 Å². The Bertz CT molecular complexity index is 319. The van der Waals surface area contributed by atoms with Gasteiger partial charge < -0.3 is 16.3 Å². The van der Waals surface area contributed by atoms with Gasteiger partial charge in [-0.3, -0.25) is 4.79 Å². The van der Waals surface area contributed by atoms with E-state index < -0.39 is 0 Å². The fraction of sp³-hybridized carbons (Fsp3) is 0.333. The van der Waals surface area contributed by atoms with Crippen molar-refractivity contribution in [1.29, 1.82) is 0 Å². The lowest BCUT2D eigenvalue weighted by molar-refractivity contribution is 0.0949. The number of nitrogens with zero attached hydrogens (tertiary/aromatic N) is 3. The van der Waals surface area contributed by atoms with E-state index >= 15 is 0 Å². The largest absolute Gasteiger partial charge is 0.409 e. The molecule has 1 aromatic rings. The molecule has 0 saturated carbocycles. The van der Waals surface area contributed by atoms with E-state index in [0.29, 0.717) is 0 Å². The van der Waals surface area contributed by atoms with Gasteiger partial charge in [0.2, 0.25) is 0 Å². The zero-order chi connectivity index (χ0) is 10.4. The second-order valence-corrected chi connectivity index (χ2v) is 2.45. The summed E-state index contributed by atoms with van der Waals surface area (Å²) in [5.41, 5.74) is 5.39. The van der Waals surface area contributed by atoms with Crippen LogP contribution in [-0.2, 0) is 0 Å². The van der Waals surface area contributed by atoms with Crippen LogP contribution >= 0.6 is 0 Å². The zero-order valence-electron chi connectivity index (χ0n) is 7.27. The summed E-state index contributed by atoms with van der Waals surface area (Å²) < 4.78 is 0. The van der Waals surface area contributed by atoms with Crippen LogP contribution in [0.4, 0.5) is 0 Å². The Labute approximate surface area is 79.2 Å². The molecule has 0 bridgehead atoms. The number of nitrogens with one attached hydrogen (secondary N) is 2. The van der Waals surface area contributed by atoms with Crippen LogP contribution in [0.15, 0.2) is 11.4 Å².